The van der Waals surface area contributed by atoms with E-state index in [9.17, 15) is 4.79 Å². The van der Waals surface area contributed by atoms with E-state index in [1.54, 1.807) is 18.7 Å². The molecule has 23 heavy (non-hydrogen) atoms. The van der Waals surface area contributed by atoms with Gasteiger partial charge in [-0.2, -0.15) is 0 Å². The first kappa shape index (κ1) is 16.4. The molecule has 3 rings (SSSR count). The minimum absolute atomic E-state index is 0.0139. The van der Waals surface area contributed by atoms with Crippen LogP contribution in [-0.2, 0) is 4.79 Å². The molecule has 1 amide bonds. The summed E-state index contributed by atoms with van der Waals surface area (Å²) in [5.41, 5.74) is 0.950. The highest BCUT2D eigenvalue weighted by Crippen LogP contribution is 2.36. The van der Waals surface area contributed by atoms with Gasteiger partial charge < -0.3 is 4.90 Å². The third-order valence-electron chi connectivity index (χ3n) is 4.67. The van der Waals surface area contributed by atoms with E-state index in [1.807, 2.05) is 35.2 Å². The van der Waals surface area contributed by atoms with Crippen molar-refractivity contribution in [2.45, 2.75) is 57.0 Å². The number of carbonyl (C=O) groups excluding carboxylic acids is 1. The average molecular weight is 331 g/mol. The molecule has 2 fully saturated rings. The summed E-state index contributed by atoms with van der Waals surface area (Å²) < 4.78 is 0. The zero-order chi connectivity index (χ0) is 16.4. The number of aliphatic imine (C=N–C) groups is 1. The molecule has 0 spiro atoms. The molecular weight excluding hydrogens is 306 g/mol. The summed E-state index contributed by atoms with van der Waals surface area (Å²) in [5, 5.41) is 1.38. The predicted octanol–water partition coefficient (Wildman–Crippen LogP) is 3.73. The molecule has 2 aliphatic rings. The van der Waals surface area contributed by atoms with E-state index in [0.717, 1.165) is 10.9 Å². The Morgan fingerprint density at radius 1 is 1.26 bits per heavy atom. The average Bonchev–Trinajstić information content (AvgIpc) is 3.12. The first-order valence-corrected chi connectivity index (χ1v) is 9.28. The minimum Gasteiger partial charge on any atom is -0.333 e. The van der Waals surface area contributed by atoms with Crippen molar-refractivity contribution in [3.05, 3.63) is 30.3 Å². The van der Waals surface area contributed by atoms with Gasteiger partial charge in [0.15, 0.2) is 5.17 Å². The molecule has 1 saturated heterocycles. The van der Waals surface area contributed by atoms with Crippen molar-refractivity contribution in [3.8, 4) is 0 Å². The van der Waals surface area contributed by atoms with Crippen LogP contribution in [0.4, 0.5) is 5.69 Å². The fourth-order valence-corrected chi connectivity index (χ4v) is 4.78. The largest absolute Gasteiger partial charge is 0.333 e. The van der Waals surface area contributed by atoms with Crippen molar-refractivity contribution in [1.29, 1.82) is 0 Å². The van der Waals surface area contributed by atoms with Crippen molar-refractivity contribution in [1.82, 2.24) is 4.90 Å². The van der Waals surface area contributed by atoms with Crippen LogP contribution in [-0.4, -0.2) is 40.5 Å². The third kappa shape index (κ3) is 3.39. The van der Waals surface area contributed by atoms with Gasteiger partial charge in [-0.3, -0.25) is 14.7 Å². The number of benzene rings is 1. The van der Waals surface area contributed by atoms with E-state index in [-0.39, 0.29) is 12.1 Å². The van der Waals surface area contributed by atoms with Crippen molar-refractivity contribution in [2.75, 3.05) is 11.9 Å². The van der Waals surface area contributed by atoms with Gasteiger partial charge in [0.25, 0.3) is 0 Å². The van der Waals surface area contributed by atoms with Gasteiger partial charge in [0, 0.05) is 24.9 Å². The highest BCUT2D eigenvalue weighted by Gasteiger charge is 2.40. The van der Waals surface area contributed by atoms with Gasteiger partial charge in [0.05, 0.1) is 6.04 Å². The maximum absolute atomic E-state index is 12.3. The Hall–Kier alpha value is -1.49. The van der Waals surface area contributed by atoms with Crippen LogP contribution >= 0.6 is 11.8 Å². The maximum Gasteiger partial charge on any atom is 0.225 e. The molecule has 0 radical (unpaired) electrons. The topological polar surface area (TPSA) is 35.9 Å². The summed E-state index contributed by atoms with van der Waals surface area (Å²) in [6.07, 6.45) is 4.99. The second kappa shape index (κ2) is 6.95. The van der Waals surface area contributed by atoms with Crippen LogP contribution in [0.25, 0.3) is 0 Å². The van der Waals surface area contributed by atoms with Crippen LogP contribution in [0.5, 0.6) is 0 Å². The van der Waals surface area contributed by atoms with Gasteiger partial charge in [-0.15, -0.1) is 0 Å². The Labute approximate surface area is 142 Å². The molecule has 5 heteroatoms. The lowest BCUT2D eigenvalue weighted by atomic mass is 10.2. The lowest BCUT2D eigenvalue weighted by Gasteiger charge is -2.35. The summed E-state index contributed by atoms with van der Waals surface area (Å²) in [6.45, 7) is 3.83. The zero-order valence-corrected chi connectivity index (χ0v) is 14.9. The number of para-hydroxylation sites is 1. The second-order valence-electron chi connectivity index (χ2n) is 6.42. The summed E-state index contributed by atoms with van der Waals surface area (Å²) in [5.74, 6) is 0.0719. The van der Waals surface area contributed by atoms with Gasteiger partial charge in [0.2, 0.25) is 5.91 Å². The lowest BCUT2D eigenvalue weighted by Crippen LogP contribution is -2.50. The third-order valence-corrected chi connectivity index (χ3v) is 5.88. The van der Waals surface area contributed by atoms with Gasteiger partial charge in [-0.25, -0.2) is 0 Å². The fraction of sp³-hybridized carbons (Fsp3) is 0.556. The standard InChI is InChI=1S/C18H25N3OS/c1-13-17(21(14(2)22)16-11-5-4-6-12-16)20(3)18(23-13)19-15-9-7-8-10-15/h4-6,11-13,15,17H,7-10H2,1-3H3. The van der Waals surface area contributed by atoms with Crippen molar-refractivity contribution < 1.29 is 4.79 Å². The van der Waals surface area contributed by atoms with Gasteiger partial charge in [-0.1, -0.05) is 42.8 Å². The summed E-state index contributed by atoms with van der Waals surface area (Å²) in [6, 6.07) is 10.4. The second-order valence-corrected chi connectivity index (χ2v) is 7.77. The first-order valence-electron chi connectivity index (χ1n) is 8.40. The molecule has 0 bridgehead atoms. The van der Waals surface area contributed by atoms with Crippen LogP contribution in [0.15, 0.2) is 35.3 Å². The Bertz CT molecular complexity index is 583. The van der Waals surface area contributed by atoms with E-state index in [0.29, 0.717) is 11.3 Å². The lowest BCUT2D eigenvalue weighted by molar-refractivity contribution is -0.117. The Kier molecular flexibility index (Phi) is 4.95. The van der Waals surface area contributed by atoms with E-state index >= 15 is 0 Å². The highest BCUT2D eigenvalue weighted by atomic mass is 32.2. The van der Waals surface area contributed by atoms with Crippen LogP contribution in [0.2, 0.25) is 0 Å². The smallest absolute Gasteiger partial charge is 0.225 e. The minimum atomic E-state index is 0.0139. The molecule has 2 atom stereocenters. The molecule has 4 nitrogen and oxygen atoms in total. The molecule has 2 unspecified atom stereocenters. The van der Waals surface area contributed by atoms with Crippen LogP contribution in [0.3, 0.4) is 0 Å². The number of carbonyl (C=O) groups is 1. The van der Waals surface area contributed by atoms with Crippen molar-refractivity contribution in [3.63, 3.8) is 0 Å². The van der Waals surface area contributed by atoms with Crippen LogP contribution < -0.4 is 4.90 Å². The number of hydrogen-bond acceptors (Lipinski definition) is 3. The number of amides is 1. The van der Waals surface area contributed by atoms with Crippen LogP contribution in [0.1, 0.15) is 39.5 Å². The zero-order valence-electron chi connectivity index (χ0n) is 14.1. The summed E-state index contributed by atoms with van der Waals surface area (Å²) in [4.78, 5) is 21.4. The van der Waals surface area contributed by atoms with Crippen molar-refractivity contribution >= 4 is 28.5 Å². The number of amidine groups is 1. The Morgan fingerprint density at radius 3 is 2.52 bits per heavy atom. The molecular formula is C18H25N3OS. The van der Waals surface area contributed by atoms with E-state index in [1.165, 1.54) is 25.7 Å². The Balaban J connectivity index is 1.86. The monoisotopic (exact) mass is 331 g/mol. The number of thioether (sulfide) groups is 1. The molecule has 1 heterocycles. The SMILES string of the molecule is CC(=O)N(c1ccccc1)C1C(C)SC(=NC2CCCC2)N1C. The fourth-order valence-electron chi connectivity index (χ4n) is 3.54. The molecule has 1 aromatic carbocycles. The molecule has 1 aliphatic heterocycles. The number of hydrogen-bond donors (Lipinski definition) is 0. The van der Waals surface area contributed by atoms with Gasteiger partial charge in [-0.05, 0) is 31.9 Å². The number of nitrogens with zero attached hydrogens (tertiary/aromatic N) is 3. The van der Waals surface area contributed by atoms with Gasteiger partial charge >= 0.3 is 0 Å². The summed E-state index contributed by atoms with van der Waals surface area (Å²) in [7, 11) is 2.06. The maximum atomic E-state index is 12.3. The molecule has 1 aromatic rings. The van der Waals surface area contributed by atoms with Gasteiger partial charge in [0.1, 0.15) is 6.17 Å². The van der Waals surface area contributed by atoms with Crippen molar-refractivity contribution in [2.24, 2.45) is 4.99 Å². The summed E-state index contributed by atoms with van der Waals surface area (Å²) >= 11 is 1.79. The quantitative estimate of drug-likeness (QED) is 0.846. The molecule has 1 saturated carbocycles. The number of rotatable bonds is 3. The molecule has 1 aliphatic carbocycles. The first-order chi connectivity index (χ1) is 11.1. The molecule has 0 N–H and O–H groups in total. The number of anilines is 1. The van der Waals surface area contributed by atoms with E-state index < -0.39 is 0 Å². The Morgan fingerprint density at radius 2 is 1.91 bits per heavy atom. The molecule has 124 valence electrons. The van der Waals surface area contributed by atoms with E-state index in [2.05, 4.69) is 18.9 Å². The van der Waals surface area contributed by atoms with Crippen LogP contribution in [0, 0.1) is 0 Å². The predicted molar refractivity (Wildman–Crippen MR) is 97.9 cm³/mol. The normalized spacial score (nSPS) is 26.9. The van der Waals surface area contributed by atoms with E-state index in [4.69, 9.17) is 4.99 Å². The molecule has 0 aromatic heterocycles. The highest BCUT2D eigenvalue weighted by molar-refractivity contribution is 8.14.